The molecule has 1 atom stereocenters. The minimum absolute atomic E-state index is 0.0748. The van der Waals surface area contributed by atoms with Crippen LogP contribution in [0.25, 0.3) is 0 Å². The minimum Gasteiger partial charge on any atom is -0.481 e. The number of amides is 2. The van der Waals surface area contributed by atoms with Crippen LogP contribution in [0.4, 0.5) is 4.79 Å². The number of aliphatic carboxylic acids is 1. The lowest BCUT2D eigenvalue weighted by atomic mass is 10.3. The standard InChI is InChI=1S/C12H22N4O3/c13-10-1-4-16(9-10)12(19)15-7-5-14(6-8-15)3-2-11(17)18/h10H,1-9,13H2,(H,17,18). The van der Waals surface area contributed by atoms with E-state index >= 15 is 0 Å². The van der Waals surface area contributed by atoms with Crippen molar-refractivity contribution < 1.29 is 14.7 Å². The fourth-order valence-electron chi connectivity index (χ4n) is 2.58. The number of carbonyl (C=O) groups is 2. The van der Waals surface area contributed by atoms with Crippen LogP contribution in [0.3, 0.4) is 0 Å². The number of rotatable bonds is 3. The second-order valence-corrected chi connectivity index (χ2v) is 5.25. The van der Waals surface area contributed by atoms with E-state index in [0.717, 1.165) is 26.1 Å². The molecule has 0 saturated carbocycles. The Balaban J connectivity index is 1.73. The number of hydrogen-bond acceptors (Lipinski definition) is 4. The Kier molecular flexibility index (Phi) is 4.60. The van der Waals surface area contributed by atoms with Gasteiger partial charge in [0, 0.05) is 51.9 Å². The van der Waals surface area contributed by atoms with Gasteiger partial charge in [-0.2, -0.15) is 0 Å². The van der Waals surface area contributed by atoms with E-state index < -0.39 is 5.97 Å². The van der Waals surface area contributed by atoms with Gasteiger partial charge in [-0.3, -0.25) is 9.69 Å². The number of piperazine rings is 1. The largest absolute Gasteiger partial charge is 0.481 e. The number of hydrogen-bond donors (Lipinski definition) is 2. The second kappa shape index (κ2) is 6.21. The van der Waals surface area contributed by atoms with Gasteiger partial charge in [0.2, 0.25) is 0 Å². The van der Waals surface area contributed by atoms with Crippen molar-refractivity contribution in [3.8, 4) is 0 Å². The Morgan fingerprint density at radius 3 is 2.32 bits per heavy atom. The fraction of sp³-hybridized carbons (Fsp3) is 0.833. The number of carbonyl (C=O) groups excluding carboxylic acids is 1. The molecule has 2 aliphatic heterocycles. The highest BCUT2D eigenvalue weighted by Gasteiger charge is 2.29. The van der Waals surface area contributed by atoms with Gasteiger partial charge in [-0.05, 0) is 6.42 Å². The first-order chi connectivity index (χ1) is 9.06. The number of urea groups is 1. The van der Waals surface area contributed by atoms with E-state index in [1.807, 2.05) is 9.80 Å². The van der Waals surface area contributed by atoms with Crippen LogP contribution < -0.4 is 5.73 Å². The smallest absolute Gasteiger partial charge is 0.320 e. The summed E-state index contributed by atoms with van der Waals surface area (Å²) in [7, 11) is 0. The van der Waals surface area contributed by atoms with Crippen LogP contribution in [0.1, 0.15) is 12.8 Å². The number of nitrogens with two attached hydrogens (primary N) is 1. The molecule has 0 aromatic heterocycles. The molecule has 2 amide bonds. The molecule has 2 saturated heterocycles. The fourth-order valence-corrected chi connectivity index (χ4v) is 2.58. The van der Waals surface area contributed by atoms with Crippen LogP contribution in [0.15, 0.2) is 0 Å². The minimum atomic E-state index is -0.774. The van der Waals surface area contributed by atoms with Crippen molar-refractivity contribution in [1.29, 1.82) is 0 Å². The molecule has 0 spiro atoms. The van der Waals surface area contributed by atoms with Crippen molar-refractivity contribution in [2.45, 2.75) is 18.9 Å². The van der Waals surface area contributed by atoms with Crippen molar-refractivity contribution in [1.82, 2.24) is 14.7 Å². The molecule has 2 fully saturated rings. The predicted molar refractivity (Wildman–Crippen MR) is 69.8 cm³/mol. The molecular formula is C12H22N4O3. The molecule has 108 valence electrons. The van der Waals surface area contributed by atoms with Crippen LogP contribution in [-0.4, -0.2) is 83.7 Å². The van der Waals surface area contributed by atoms with Gasteiger partial charge in [0.05, 0.1) is 6.42 Å². The second-order valence-electron chi connectivity index (χ2n) is 5.25. The molecule has 7 nitrogen and oxygen atoms in total. The first-order valence-corrected chi connectivity index (χ1v) is 6.80. The molecule has 19 heavy (non-hydrogen) atoms. The van der Waals surface area contributed by atoms with Crippen LogP contribution in [0.2, 0.25) is 0 Å². The van der Waals surface area contributed by atoms with Gasteiger partial charge in [0.15, 0.2) is 0 Å². The van der Waals surface area contributed by atoms with E-state index in [1.54, 1.807) is 0 Å². The third-order valence-corrected chi connectivity index (χ3v) is 3.78. The average Bonchev–Trinajstić information content (AvgIpc) is 2.83. The van der Waals surface area contributed by atoms with E-state index in [4.69, 9.17) is 10.8 Å². The molecule has 0 aromatic carbocycles. The lowest BCUT2D eigenvalue weighted by molar-refractivity contribution is -0.137. The van der Waals surface area contributed by atoms with E-state index in [0.29, 0.717) is 26.2 Å². The molecule has 0 aliphatic carbocycles. The number of carboxylic acid groups (broad SMARTS) is 1. The summed E-state index contributed by atoms with van der Waals surface area (Å²) in [5.41, 5.74) is 5.81. The summed E-state index contributed by atoms with van der Waals surface area (Å²) in [6.45, 7) is 4.80. The van der Waals surface area contributed by atoms with Gasteiger partial charge in [-0.25, -0.2) is 4.79 Å². The predicted octanol–water partition coefficient (Wildman–Crippen LogP) is -0.768. The van der Waals surface area contributed by atoms with Gasteiger partial charge >= 0.3 is 12.0 Å². The molecule has 0 aromatic rings. The Bertz CT molecular complexity index is 342. The zero-order valence-corrected chi connectivity index (χ0v) is 11.1. The number of nitrogens with zero attached hydrogens (tertiary/aromatic N) is 3. The monoisotopic (exact) mass is 270 g/mol. The van der Waals surface area contributed by atoms with Crippen molar-refractivity contribution >= 4 is 12.0 Å². The molecule has 3 N–H and O–H groups in total. The molecule has 0 radical (unpaired) electrons. The maximum atomic E-state index is 12.2. The normalized spacial score (nSPS) is 24.8. The average molecular weight is 270 g/mol. The number of carboxylic acids is 1. The van der Waals surface area contributed by atoms with E-state index in [-0.39, 0.29) is 18.5 Å². The summed E-state index contributed by atoms with van der Waals surface area (Å²) < 4.78 is 0. The van der Waals surface area contributed by atoms with Gasteiger partial charge in [-0.1, -0.05) is 0 Å². The lowest BCUT2D eigenvalue weighted by Crippen LogP contribution is -2.52. The maximum Gasteiger partial charge on any atom is 0.320 e. The molecule has 2 rings (SSSR count). The summed E-state index contributed by atoms with van der Waals surface area (Å²) in [4.78, 5) is 28.5. The molecule has 2 aliphatic rings. The van der Waals surface area contributed by atoms with Gasteiger partial charge in [0.25, 0.3) is 0 Å². The summed E-state index contributed by atoms with van der Waals surface area (Å²) in [5, 5.41) is 8.64. The molecule has 2 heterocycles. The van der Waals surface area contributed by atoms with Crippen LogP contribution >= 0.6 is 0 Å². The van der Waals surface area contributed by atoms with E-state index in [2.05, 4.69) is 4.90 Å². The maximum absolute atomic E-state index is 12.2. The Labute approximate surface area is 112 Å². The lowest BCUT2D eigenvalue weighted by Gasteiger charge is -2.36. The van der Waals surface area contributed by atoms with Crippen molar-refractivity contribution in [2.24, 2.45) is 5.73 Å². The number of likely N-dealkylation sites (tertiary alicyclic amines) is 1. The van der Waals surface area contributed by atoms with Crippen molar-refractivity contribution in [2.75, 3.05) is 45.8 Å². The van der Waals surface area contributed by atoms with Gasteiger partial charge in [0.1, 0.15) is 0 Å². The first-order valence-electron chi connectivity index (χ1n) is 6.80. The van der Waals surface area contributed by atoms with E-state index in [9.17, 15) is 9.59 Å². The van der Waals surface area contributed by atoms with Crippen LogP contribution in [0.5, 0.6) is 0 Å². The summed E-state index contributed by atoms with van der Waals surface area (Å²) >= 11 is 0. The Morgan fingerprint density at radius 1 is 1.11 bits per heavy atom. The molecule has 1 unspecified atom stereocenters. The van der Waals surface area contributed by atoms with Gasteiger partial charge in [-0.15, -0.1) is 0 Å². The van der Waals surface area contributed by atoms with E-state index in [1.165, 1.54) is 0 Å². The third-order valence-electron chi connectivity index (χ3n) is 3.78. The summed E-state index contributed by atoms with van der Waals surface area (Å²) in [5.74, 6) is -0.774. The SMILES string of the molecule is NC1CCN(C(=O)N2CCN(CCC(=O)O)CC2)C1. The van der Waals surface area contributed by atoms with Gasteiger partial charge < -0.3 is 20.6 Å². The zero-order valence-electron chi connectivity index (χ0n) is 11.1. The zero-order chi connectivity index (χ0) is 13.8. The molecular weight excluding hydrogens is 248 g/mol. The van der Waals surface area contributed by atoms with Crippen molar-refractivity contribution in [3.63, 3.8) is 0 Å². The summed E-state index contributed by atoms with van der Waals surface area (Å²) in [6, 6.07) is 0.187. The Hall–Kier alpha value is -1.34. The quantitative estimate of drug-likeness (QED) is 0.703. The first kappa shape index (κ1) is 14.1. The van der Waals surface area contributed by atoms with Crippen LogP contribution in [-0.2, 0) is 4.79 Å². The highest BCUT2D eigenvalue weighted by molar-refractivity contribution is 5.75. The van der Waals surface area contributed by atoms with Crippen molar-refractivity contribution in [3.05, 3.63) is 0 Å². The Morgan fingerprint density at radius 2 is 1.79 bits per heavy atom. The highest BCUT2D eigenvalue weighted by Crippen LogP contribution is 2.12. The molecule has 0 bridgehead atoms. The molecule has 7 heteroatoms. The third kappa shape index (κ3) is 3.81. The highest BCUT2D eigenvalue weighted by atomic mass is 16.4. The van der Waals surface area contributed by atoms with Crippen LogP contribution in [0, 0.1) is 0 Å². The topological polar surface area (TPSA) is 90.1 Å². The summed E-state index contributed by atoms with van der Waals surface area (Å²) in [6.07, 6.45) is 1.04.